The van der Waals surface area contributed by atoms with E-state index in [0.29, 0.717) is 0 Å². The number of hydrogen-bond acceptors (Lipinski definition) is 4. The number of nitrogens with one attached hydrogen (secondary N) is 1. The van der Waals surface area contributed by atoms with Crippen molar-refractivity contribution in [1.82, 2.24) is 10.2 Å². The van der Waals surface area contributed by atoms with Crippen LogP contribution in [0.15, 0.2) is 24.3 Å². The molecule has 2 aliphatic heterocycles. The highest BCUT2D eigenvalue weighted by Gasteiger charge is 2.41. The highest BCUT2D eigenvalue weighted by molar-refractivity contribution is 5.84. The van der Waals surface area contributed by atoms with Crippen molar-refractivity contribution in [3.05, 3.63) is 29.8 Å². The van der Waals surface area contributed by atoms with Gasteiger partial charge in [0, 0.05) is 19.3 Å². The van der Waals surface area contributed by atoms with Crippen LogP contribution in [0, 0.1) is 0 Å². The third kappa shape index (κ3) is 2.76. The number of benzene rings is 1. The van der Waals surface area contributed by atoms with E-state index >= 15 is 0 Å². The normalized spacial score (nSPS) is 27.1. The number of rotatable bonds is 3. The standard InChI is InChI=1S/C16H22N2O3/c1-11-16(19)18(13-6-8-21-9-7-13)15(17-11)12-4-3-5-14(10-12)20-2/h3-5,10-11,13,15,17H,6-9H2,1-2H3. The van der Waals surface area contributed by atoms with Gasteiger partial charge in [-0.25, -0.2) is 0 Å². The van der Waals surface area contributed by atoms with Crippen LogP contribution in [0.25, 0.3) is 0 Å². The zero-order chi connectivity index (χ0) is 14.8. The van der Waals surface area contributed by atoms with Gasteiger partial charge >= 0.3 is 0 Å². The van der Waals surface area contributed by atoms with E-state index in [1.807, 2.05) is 36.1 Å². The minimum absolute atomic E-state index is 0.0781. The van der Waals surface area contributed by atoms with E-state index in [1.54, 1.807) is 7.11 Å². The zero-order valence-electron chi connectivity index (χ0n) is 12.5. The first kappa shape index (κ1) is 14.4. The maximum atomic E-state index is 12.5. The summed E-state index contributed by atoms with van der Waals surface area (Å²) >= 11 is 0. The van der Waals surface area contributed by atoms with Gasteiger partial charge in [-0.3, -0.25) is 10.1 Å². The molecule has 0 spiro atoms. The molecule has 2 fully saturated rings. The Balaban J connectivity index is 1.88. The van der Waals surface area contributed by atoms with Gasteiger partial charge in [-0.05, 0) is 37.5 Å². The molecule has 1 aromatic carbocycles. The third-order valence-electron chi connectivity index (χ3n) is 4.30. The Kier molecular flexibility index (Phi) is 4.12. The molecule has 2 saturated heterocycles. The second-order valence-electron chi connectivity index (χ2n) is 5.66. The predicted molar refractivity (Wildman–Crippen MR) is 79.0 cm³/mol. The van der Waals surface area contributed by atoms with Crippen LogP contribution in [0.1, 0.15) is 31.5 Å². The van der Waals surface area contributed by atoms with E-state index in [0.717, 1.165) is 37.4 Å². The molecule has 2 aliphatic rings. The lowest BCUT2D eigenvalue weighted by molar-refractivity contribution is -0.134. The van der Waals surface area contributed by atoms with Crippen LogP contribution >= 0.6 is 0 Å². The Bertz CT molecular complexity index is 514. The molecule has 0 bridgehead atoms. The highest BCUT2D eigenvalue weighted by atomic mass is 16.5. The minimum atomic E-state index is -0.149. The molecular weight excluding hydrogens is 268 g/mol. The van der Waals surface area contributed by atoms with Crippen molar-refractivity contribution >= 4 is 5.91 Å². The van der Waals surface area contributed by atoms with Gasteiger partial charge in [-0.15, -0.1) is 0 Å². The summed E-state index contributed by atoms with van der Waals surface area (Å²) in [5.41, 5.74) is 1.07. The molecule has 1 amide bonds. The van der Waals surface area contributed by atoms with Crippen LogP contribution in [-0.2, 0) is 9.53 Å². The fourth-order valence-electron chi connectivity index (χ4n) is 3.16. The van der Waals surface area contributed by atoms with Gasteiger partial charge in [0.2, 0.25) is 5.91 Å². The van der Waals surface area contributed by atoms with Crippen LogP contribution in [0.5, 0.6) is 5.75 Å². The molecule has 5 nitrogen and oxygen atoms in total. The number of amides is 1. The predicted octanol–water partition coefficient (Wildman–Crippen LogP) is 1.69. The number of hydrogen-bond donors (Lipinski definition) is 1. The fraction of sp³-hybridized carbons (Fsp3) is 0.562. The van der Waals surface area contributed by atoms with E-state index in [4.69, 9.17) is 9.47 Å². The molecule has 0 saturated carbocycles. The van der Waals surface area contributed by atoms with E-state index in [-0.39, 0.29) is 24.2 Å². The molecule has 2 heterocycles. The SMILES string of the molecule is COc1cccc(C2NC(C)C(=O)N2C2CCOCC2)c1. The van der Waals surface area contributed by atoms with Crippen molar-refractivity contribution in [2.24, 2.45) is 0 Å². The minimum Gasteiger partial charge on any atom is -0.497 e. The molecule has 0 aliphatic carbocycles. The number of ether oxygens (including phenoxy) is 2. The van der Waals surface area contributed by atoms with Crippen LogP contribution in [0.4, 0.5) is 0 Å². The van der Waals surface area contributed by atoms with Gasteiger partial charge in [0.1, 0.15) is 11.9 Å². The lowest BCUT2D eigenvalue weighted by Gasteiger charge is -2.35. The summed E-state index contributed by atoms with van der Waals surface area (Å²) in [4.78, 5) is 14.5. The van der Waals surface area contributed by atoms with E-state index in [9.17, 15) is 4.79 Å². The van der Waals surface area contributed by atoms with Crippen molar-refractivity contribution in [2.45, 2.75) is 38.0 Å². The summed E-state index contributed by atoms with van der Waals surface area (Å²) in [6, 6.07) is 8.02. The third-order valence-corrected chi connectivity index (χ3v) is 4.30. The summed E-state index contributed by atoms with van der Waals surface area (Å²) in [6.45, 7) is 3.39. The molecule has 1 aromatic rings. The van der Waals surface area contributed by atoms with Gasteiger partial charge in [-0.1, -0.05) is 12.1 Å². The van der Waals surface area contributed by atoms with Crippen molar-refractivity contribution in [3.8, 4) is 5.75 Å². The molecule has 114 valence electrons. The zero-order valence-corrected chi connectivity index (χ0v) is 12.5. The van der Waals surface area contributed by atoms with Crippen LogP contribution in [-0.4, -0.2) is 43.2 Å². The quantitative estimate of drug-likeness (QED) is 0.920. The number of nitrogens with zero attached hydrogens (tertiary/aromatic N) is 1. The lowest BCUT2D eigenvalue weighted by Crippen LogP contribution is -2.43. The van der Waals surface area contributed by atoms with Crippen molar-refractivity contribution in [2.75, 3.05) is 20.3 Å². The summed E-state index contributed by atoms with van der Waals surface area (Å²) in [5.74, 6) is 0.989. The topological polar surface area (TPSA) is 50.8 Å². The summed E-state index contributed by atoms with van der Waals surface area (Å²) in [6.07, 6.45) is 1.73. The van der Waals surface area contributed by atoms with E-state index < -0.39 is 0 Å². The van der Waals surface area contributed by atoms with Crippen LogP contribution < -0.4 is 10.1 Å². The average molecular weight is 290 g/mol. The molecule has 2 atom stereocenters. The summed E-state index contributed by atoms with van der Waals surface area (Å²) in [5, 5.41) is 3.40. The number of carbonyl (C=O) groups excluding carboxylic acids is 1. The Morgan fingerprint density at radius 1 is 1.33 bits per heavy atom. The second kappa shape index (κ2) is 6.03. The molecule has 3 rings (SSSR count). The summed E-state index contributed by atoms with van der Waals surface area (Å²) < 4.78 is 10.7. The Morgan fingerprint density at radius 2 is 2.10 bits per heavy atom. The number of carbonyl (C=O) groups is 1. The molecule has 21 heavy (non-hydrogen) atoms. The van der Waals surface area contributed by atoms with E-state index in [2.05, 4.69) is 5.32 Å². The largest absolute Gasteiger partial charge is 0.497 e. The Morgan fingerprint density at radius 3 is 2.81 bits per heavy atom. The number of methoxy groups -OCH3 is 1. The molecule has 2 unspecified atom stereocenters. The van der Waals surface area contributed by atoms with Gasteiger partial charge in [0.15, 0.2) is 0 Å². The maximum Gasteiger partial charge on any atom is 0.241 e. The average Bonchev–Trinajstić information content (AvgIpc) is 2.84. The molecule has 5 heteroatoms. The van der Waals surface area contributed by atoms with Crippen molar-refractivity contribution in [3.63, 3.8) is 0 Å². The van der Waals surface area contributed by atoms with E-state index in [1.165, 1.54) is 0 Å². The smallest absolute Gasteiger partial charge is 0.241 e. The summed E-state index contributed by atoms with van der Waals surface area (Å²) in [7, 11) is 1.66. The van der Waals surface area contributed by atoms with Gasteiger partial charge < -0.3 is 14.4 Å². The van der Waals surface area contributed by atoms with Crippen molar-refractivity contribution in [1.29, 1.82) is 0 Å². The monoisotopic (exact) mass is 290 g/mol. The lowest BCUT2D eigenvalue weighted by atomic mass is 10.0. The first-order valence-electron chi connectivity index (χ1n) is 7.50. The van der Waals surface area contributed by atoms with Gasteiger partial charge in [0.05, 0.1) is 13.2 Å². The van der Waals surface area contributed by atoms with Gasteiger partial charge in [0.25, 0.3) is 0 Å². The Hall–Kier alpha value is -1.59. The van der Waals surface area contributed by atoms with Crippen molar-refractivity contribution < 1.29 is 14.3 Å². The molecule has 1 N–H and O–H groups in total. The molecule has 0 radical (unpaired) electrons. The van der Waals surface area contributed by atoms with Crippen LogP contribution in [0.2, 0.25) is 0 Å². The first-order chi connectivity index (χ1) is 10.2. The maximum absolute atomic E-state index is 12.5. The highest BCUT2D eigenvalue weighted by Crippen LogP contribution is 2.32. The van der Waals surface area contributed by atoms with Gasteiger partial charge in [-0.2, -0.15) is 0 Å². The van der Waals surface area contributed by atoms with Crippen LogP contribution in [0.3, 0.4) is 0 Å². The second-order valence-corrected chi connectivity index (χ2v) is 5.66. The fourth-order valence-corrected chi connectivity index (χ4v) is 3.16. The first-order valence-corrected chi connectivity index (χ1v) is 7.50. The Labute approximate surface area is 125 Å². The molecular formula is C16H22N2O3. The molecule has 0 aromatic heterocycles.